The molecule has 2 aromatic carbocycles. The maximum atomic E-state index is 13.0. The number of anilines is 1. The highest BCUT2D eigenvalue weighted by Crippen LogP contribution is 2.32. The minimum Gasteiger partial charge on any atom is -0.493 e. The lowest BCUT2D eigenvalue weighted by molar-refractivity contribution is -0.116. The number of rotatable bonds is 8. The van der Waals surface area contributed by atoms with Crippen LogP contribution in [0.2, 0.25) is 0 Å². The Kier molecular flexibility index (Phi) is 7.32. The number of para-hydroxylation sites is 1. The molecule has 0 radical (unpaired) electrons. The highest BCUT2D eigenvalue weighted by atomic mass is 32.2. The largest absolute Gasteiger partial charge is 0.493 e. The summed E-state index contributed by atoms with van der Waals surface area (Å²) in [6.45, 7) is 0.224. The topological polar surface area (TPSA) is 38.3 Å². The van der Waals surface area contributed by atoms with Gasteiger partial charge >= 0.3 is 6.18 Å². The van der Waals surface area contributed by atoms with Crippen LogP contribution in [0.25, 0.3) is 0 Å². The SMILES string of the molecule is O=C(CCCOc1cccc(F)c1)Nc1ccccc1SCC(F)(F)F. The number of alkyl halides is 3. The van der Waals surface area contributed by atoms with Crippen molar-refractivity contribution in [1.82, 2.24) is 0 Å². The Morgan fingerprint density at radius 3 is 2.62 bits per heavy atom. The van der Waals surface area contributed by atoms with Crippen molar-refractivity contribution < 1.29 is 27.1 Å². The quantitative estimate of drug-likeness (QED) is 0.381. The zero-order valence-electron chi connectivity index (χ0n) is 13.7. The van der Waals surface area contributed by atoms with E-state index in [4.69, 9.17) is 4.74 Å². The number of hydrogen-bond acceptors (Lipinski definition) is 3. The van der Waals surface area contributed by atoms with Gasteiger partial charge in [-0.25, -0.2) is 4.39 Å². The molecule has 0 atom stereocenters. The second-order valence-electron chi connectivity index (χ2n) is 5.36. The summed E-state index contributed by atoms with van der Waals surface area (Å²) in [7, 11) is 0. The first-order valence-corrected chi connectivity index (χ1v) is 8.79. The van der Waals surface area contributed by atoms with E-state index in [1.54, 1.807) is 24.3 Å². The Morgan fingerprint density at radius 2 is 1.88 bits per heavy atom. The van der Waals surface area contributed by atoms with E-state index >= 15 is 0 Å². The number of carbonyl (C=O) groups is 1. The van der Waals surface area contributed by atoms with E-state index in [1.165, 1.54) is 24.3 Å². The molecule has 26 heavy (non-hydrogen) atoms. The Morgan fingerprint density at radius 1 is 1.12 bits per heavy atom. The third-order valence-corrected chi connectivity index (χ3v) is 4.30. The van der Waals surface area contributed by atoms with Gasteiger partial charge in [0.05, 0.1) is 18.0 Å². The van der Waals surface area contributed by atoms with Crippen LogP contribution in [0.4, 0.5) is 23.2 Å². The molecule has 0 fully saturated rings. The van der Waals surface area contributed by atoms with Crippen LogP contribution in [0.1, 0.15) is 12.8 Å². The molecule has 0 saturated heterocycles. The Labute approximate surface area is 152 Å². The first kappa shape index (κ1) is 20.1. The molecule has 0 aliphatic rings. The molecule has 3 nitrogen and oxygen atoms in total. The van der Waals surface area contributed by atoms with Gasteiger partial charge in [0.1, 0.15) is 11.6 Å². The van der Waals surface area contributed by atoms with E-state index in [-0.39, 0.29) is 18.9 Å². The van der Waals surface area contributed by atoms with Crippen molar-refractivity contribution in [3.05, 3.63) is 54.3 Å². The lowest BCUT2D eigenvalue weighted by Gasteiger charge is -2.12. The molecule has 0 heterocycles. The van der Waals surface area contributed by atoms with E-state index < -0.39 is 17.7 Å². The smallest absolute Gasteiger partial charge is 0.398 e. The Balaban J connectivity index is 1.78. The van der Waals surface area contributed by atoms with Crippen molar-refractivity contribution in [2.45, 2.75) is 23.9 Å². The number of carbonyl (C=O) groups excluding carboxylic acids is 1. The van der Waals surface area contributed by atoms with E-state index in [2.05, 4.69) is 5.32 Å². The van der Waals surface area contributed by atoms with Crippen LogP contribution in [-0.4, -0.2) is 24.4 Å². The van der Waals surface area contributed by atoms with Gasteiger partial charge in [-0.3, -0.25) is 4.79 Å². The first-order chi connectivity index (χ1) is 12.3. The average molecular weight is 387 g/mol. The van der Waals surface area contributed by atoms with Crippen molar-refractivity contribution in [1.29, 1.82) is 0 Å². The summed E-state index contributed by atoms with van der Waals surface area (Å²) in [6.07, 6.45) is -3.76. The van der Waals surface area contributed by atoms with Crippen LogP contribution in [0, 0.1) is 5.82 Å². The van der Waals surface area contributed by atoms with Gasteiger partial charge in [0.25, 0.3) is 0 Å². The molecule has 0 bridgehead atoms. The number of nitrogens with one attached hydrogen (secondary N) is 1. The number of hydrogen-bond donors (Lipinski definition) is 1. The van der Waals surface area contributed by atoms with Crippen molar-refractivity contribution in [3.63, 3.8) is 0 Å². The summed E-state index contributed by atoms with van der Waals surface area (Å²) < 4.78 is 55.4. The molecule has 140 valence electrons. The van der Waals surface area contributed by atoms with Crippen molar-refractivity contribution in [2.24, 2.45) is 0 Å². The van der Waals surface area contributed by atoms with E-state index in [0.717, 1.165) is 0 Å². The van der Waals surface area contributed by atoms with Crippen LogP contribution < -0.4 is 10.1 Å². The molecule has 1 N–H and O–H groups in total. The molecule has 0 spiro atoms. The lowest BCUT2D eigenvalue weighted by Crippen LogP contribution is -2.14. The molecule has 2 rings (SSSR count). The fourth-order valence-corrected chi connectivity index (χ4v) is 2.82. The van der Waals surface area contributed by atoms with Crippen LogP contribution in [-0.2, 0) is 4.79 Å². The van der Waals surface area contributed by atoms with Gasteiger partial charge in [-0.15, -0.1) is 11.8 Å². The summed E-state index contributed by atoms with van der Waals surface area (Å²) in [6, 6.07) is 12.0. The first-order valence-electron chi connectivity index (χ1n) is 7.80. The molecule has 0 aromatic heterocycles. The summed E-state index contributed by atoms with van der Waals surface area (Å²) in [5, 5.41) is 2.61. The van der Waals surface area contributed by atoms with E-state index in [9.17, 15) is 22.4 Å². The van der Waals surface area contributed by atoms with Crippen LogP contribution >= 0.6 is 11.8 Å². The minimum atomic E-state index is -4.28. The second-order valence-corrected chi connectivity index (χ2v) is 6.37. The molecule has 8 heteroatoms. The van der Waals surface area contributed by atoms with Gasteiger partial charge in [0.2, 0.25) is 5.91 Å². The fourth-order valence-electron chi connectivity index (χ4n) is 2.05. The van der Waals surface area contributed by atoms with Gasteiger partial charge in [0.15, 0.2) is 0 Å². The molecular formula is C18H17F4NO2S. The molecule has 1 amide bonds. The van der Waals surface area contributed by atoms with Gasteiger partial charge < -0.3 is 10.1 Å². The van der Waals surface area contributed by atoms with Crippen molar-refractivity contribution >= 4 is 23.4 Å². The van der Waals surface area contributed by atoms with Gasteiger partial charge in [0, 0.05) is 17.4 Å². The zero-order valence-corrected chi connectivity index (χ0v) is 14.5. The molecular weight excluding hydrogens is 370 g/mol. The summed E-state index contributed by atoms with van der Waals surface area (Å²) >= 11 is 0.623. The lowest BCUT2D eigenvalue weighted by atomic mass is 10.2. The maximum absolute atomic E-state index is 13.0. The van der Waals surface area contributed by atoms with E-state index in [0.29, 0.717) is 34.5 Å². The predicted molar refractivity (Wildman–Crippen MR) is 93.0 cm³/mol. The number of halogens is 4. The summed E-state index contributed by atoms with van der Waals surface area (Å²) in [4.78, 5) is 12.3. The van der Waals surface area contributed by atoms with Gasteiger partial charge in [-0.2, -0.15) is 13.2 Å². The van der Waals surface area contributed by atoms with Gasteiger partial charge in [-0.1, -0.05) is 18.2 Å². The molecule has 0 saturated carbocycles. The molecule has 0 unspecified atom stereocenters. The monoisotopic (exact) mass is 387 g/mol. The Hall–Kier alpha value is -2.22. The van der Waals surface area contributed by atoms with Crippen molar-refractivity contribution in [3.8, 4) is 5.75 Å². The average Bonchev–Trinajstić information content (AvgIpc) is 2.57. The molecule has 0 aliphatic carbocycles. The number of benzene rings is 2. The number of thioether (sulfide) groups is 1. The third kappa shape index (κ3) is 7.35. The maximum Gasteiger partial charge on any atom is 0.398 e. The van der Waals surface area contributed by atoms with Crippen molar-refractivity contribution in [2.75, 3.05) is 17.7 Å². The number of ether oxygens (including phenoxy) is 1. The standard InChI is InChI=1S/C18H17F4NO2S/c19-13-5-3-6-14(11-13)25-10-4-9-17(24)23-15-7-1-2-8-16(15)26-12-18(20,21)22/h1-3,5-8,11H,4,9-10,12H2,(H,23,24). The second kappa shape index (κ2) is 9.47. The molecule has 0 aliphatic heterocycles. The molecule has 2 aromatic rings. The van der Waals surface area contributed by atoms with Crippen LogP contribution in [0.5, 0.6) is 5.75 Å². The summed E-state index contributed by atoms with van der Waals surface area (Å²) in [5.41, 5.74) is 0.345. The third-order valence-electron chi connectivity index (χ3n) is 3.17. The highest BCUT2D eigenvalue weighted by Gasteiger charge is 2.27. The van der Waals surface area contributed by atoms with Gasteiger partial charge in [-0.05, 0) is 30.7 Å². The normalized spacial score (nSPS) is 11.2. The summed E-state index contributed by atoms with van der Waals surface area (Å²) in [5.74, 6) is -1.39. The Bertz CT molecular complexity index is 737. The predicted octanol–water partition coefficient (Wildman–Crippen LogP) is 5.28. The van der Waals surface area contributed by atoms with Crippen LogP contribution in [0.15, 0.2) is 53.4 Å². The number of amides is 1. The van der Waals surface area contributed by atoms with Crippen LogP contribution in [0.3, 0.4) is 0 Å². The van der Waals surface area contributed by atoms with E-state index in [1.807, 2.05) is 0 Å². The fraction of sp³-hybridized carbons (Fsp3) is 0.278. The minimum absolute atomic E-state index is 0.133. The highest BCUT2D eigenvalue weighted by molar-refractivity contribution is 7.99. The zero-order chi connectivity index (χ0) is 19.0.